The summed E-state index contributed by atoms with van der Waals surface area (Å²) in [5.74, 6) is 0. The predicted octanol–water partition coefficient (Wildman–Crippen LogP) is 3.07. The Kier molecular flexibility index (Phi) is 4.43. The predicted molar refractivity (Wildman–Crippen MR) is 90.6 cm³/mol. The molecule has 1 aliphatic heterocycles. The highest BCUT2D eigenvalue weighted by molar-refractivity contribution is 5.89. The number of hydrogen-bond donors (Lipinski definition) is 1. The Hall–Kier alpha value is -2.93. The van der Waals surface area contributed by atoms with Crippen molar-refractivity contribution in [1.82, 2.24) is 9.80 Å². The second-order valence-corrected chi connectivity index (χ2v) is 5.69. The lowest BCUT2D eigenvalue weighted by atomic mass is 10.1. The van der Waals surface area contributed by atoms with E-state index < -0.39 is 4.92 Å². The number of amides is 2. The molecule has 1 N–H and O–H groups in total. The van der Waals surface area contributed by atoms with E-state index in [1.54, 1.807) is 17.0 Å². The molecule has 1 fully saturated rings. The molecule has 1 saturated heterocycles. The zero-order valence-corrected chi connectivity index (χ0v) is 13.3. The summed E-state index contributed by atoms with van der Waals surface area (Å²) in [7, 11) is 1.93. The van der Waals surface area contributed by atoms with Gasteiger partial charge in [0.1, 0.15) is 6.17 Å². The SMILES string of the molecule is CN1CCN(C(=O)Nc2ccccc2)C1c1ccc([N+](=O)[O-])cc1. The van der Waals surface area contributed by atoms with Gasteiger partial charge in [0.25, 0.3) is 5.69 Å². The highest BCUT2D eigenvalue weighted by Gasteiger charge is 2.34. The Bertz CT molecular complexity index is 733. The first kappa shape index (κ1) is 15.9. The highest BCUT2D eigenvalue weighted by Crippen LogP contribution is 2.30. The van der Waals surface area contributed by atoms with Crippen LogP contribution in [0.4, 0.5) is 16.2 Å². The second-order valence-electron chi connectivity index (χ2n) is 5.69. The summed E-state index contributed by atoms with van der Waals surface area (Å²) in [6.45, 7) is 1.33. The monoisotopic (exact) mass is 326 g/mol. The normalized spacial score (nSPS) is 17.7. The molecule has 1 aliphatic rings. The lowest BCUT2D eigenvalue weighted by Gasteiger charge is -2.28. The van der Waals surface area contributed by atoms with Gasteiger partial charge in [-0.15, -0.1) is 0 Å². The molecule has 0 spiro atoms. The van der Waals surface area contributed by atoms with Crippen LogP contribution in [0.5, 0.6) is 0 Å². The maximum atomic E-state index is 12.6. The first-order valence-corrected chi connectivity index (χ1v) is 7.63. The number of nitrogens with one attached hydrogen (secondary N) is 1. The van der Waals surface area contributed by atoms with Gasteiger partial charge in [0, 0.05) is 30.9 Å². The molecule has 7 heteroatoms. The summed E-state index contributed by atoms with van der Waals surface area (Å²) in [5, 5.41) is 13.7. The standard InChI is InChI=1S/C17H18N4O3/c1-19-11-12-20(17(22)18-14-5-3-2-4-6-14)16(19)13-7-9-15(10-8-13)21(23)24/h2-10,16H,11-12H2,1H3,(H,18,22). The fourth-order valence-electron chi connectivity index (χ4n) is 2.88. The van der Waals surface area contributed by atoms with Gasteiger partial charge >= 0.3 is 6.03 Å². The van der Waals surface area contributed by atoms with Gasteiger partial charge in [-0.3, -0.25) is 15.0 Å². The van der Waals surface area contributed by atoms with E-state index in [2.05, 4.69) is 5.32 Å². The van der Waals surface area contributed by atoms with Gasteiger partial charge in [-0.25, -0.2) is 4.79 Å². The van der Waals surface area contributed by atoms with Gasteiger partial charge in [0.2, 0.25) is 0 Å². The van der Waals surface area contributed by atoms with Crippen molar-refractivity contribution in [2.24, 2.45) is 0 Å². The first-order valence-electron chi connectivity index (χ1n) is 7.63. The van der Waals surface area contributed by atoms with Gasteiger partial charge in [-0.1, -0.05) is 18.2 Å². The maximum absolute atomic E-state index is 12.6. The van der Waals surface area contributed by atoms with Crippen molar-refractivity contribution < 1.29 is 9.72 Å². The number of carbonyl (C=O) groups excluding carboxylic acids is 1. The molecule has 0 bridgehead atoms. The van der Waals surface area contributed by atoms with Crippen molar-refractivity contribution in [3.63, 3.8) is 0 Å². The zero-order chi connectivity index (χ0) is 17.1. The number of rotatable bonds is 3. The van der Waals surface area contributed by atoms with Crippen molar-refractivity contribution in [1.29, 1.82) is 0 Å². The summed E-state index contributed by atoms with van der Waals surface area (Å²) >= 11 is 0. The molecular formula is C17H18N4O3. The van der Waals surface area contributed by atoms with Crippen molar-refractivity contribution in [3.05, 3.63) is 70.3 Å². The maximum Gasteiger partial charge on any atom is 0.323 e. The van der Waals surface area contributed by atoms with Crippen LogP contribution in [-0.4, -0.2) is 40.9 Å². The van der Waals surface area contributed by atoms with Crippen LogP contribution in [0.25, 0.3) is 0 Å². The molecule has 3 rings (SSSR count). The Morgan fingerprint density at radius 3 is 2.42 bits per heavy atom. The number of para-hydroxylation sites is 1. The minimum absolute atomic E-state index is 0.0414. The number of non-ortho nitro benzene ring substituents is 1. The number of nitro benzene ring substituents is 1. The van der Waals surface area contributed by atoms with Crippen LogP contribution in [0.2, 0.25) is 0 Å². The fraction of sp³-hybridized carbons (Fsp3) is 0.235. The first-order chi connectivity index (χ1) is 11.6. The molecule has 24 heavy (non-hydrogen) atoms. The number of urea groups is 1. The molecule has 0 aliphatic carbocycles. The topological polar surface area (TPSA) is 78.7 Å². The Labute approximate surface area is 139 Å². The summed E-state index contributed by atoms with van der Waals surface area (Å²) in [6.07, 6.45) is -0.241. The van der Waals surface area contributed by atoms with Gasteiger partial charge in [-0.2, -0.15) is 0 Å². The Morgan fingerprint density at radius 2 is 1.79 bits per heavy atom. The van der Waals surface area contributed by atoms with Crippen molar-refractivity contribution in [3.8, 4) is 0 Å². The zero-order valence-electron chi connectivity index (χ0n) is 13.3. The van der Waals surface area contributed by atoms with E-state index in [1.165, 1.54) is 12.1 Å². The van der Waals surface area contributed by atoms with E-state index in [0.29, 0.717) is 6.54 Å². The fourth-order valence-corrected chi connectivity index (χ4v) is 2.88. The minimum atomic E-state index is -0.429. The van der Waals surface area contributed by atoms with Crippen LogP contribution in [0.3, 0.4) is 0 Å². The van der Waals surface area contributed by atoms with Crippen LogP contribution >= 0.6 is 0 Å². The molecule has 2 aromatic carbocycles. The number of nitrogens with zero attached hydrogens (tertiary/aromatic N) is 3. The largest absolute Gasteiger partial charge is 0.323 e. The summed E-state index contributed by atoms with van der Waals surface area (Å²) in [5.41, 5.74) is 1.63. The molecule has 7 nitrogen and oxygen atoms in total. The van der Waals surface area contributed by atoms with Gasteiger partial charge in [0.05, 0.1) is 4.92 Å². The minimum Gasteiger partial charge on any atom is -0.308 e. The Morgan fingerprint density at radius 1 is 1.12 bits per heavy atom. The van der Waals surface area contributed by atoms with Gasteiger partial charge in [0.15, 0.2) is 0 Å². The average molecular weight is 326 g/mol. The molecule has 2 amide bonds. The van der Waals surface area contributed by atoms with Crippen LogP contribution in [0.1, 0.15) is 11.7 Å². The number of benzene rings is 2. The number of nitro groups is 1. The average Bonchev–Trinajstić information content (AvgIpc) is 2.97. The van der Waals surface area contributed by atoms with Crippen LogP contribution in [0, 0.1) is 10.1 Å². The summed E-state index contributed by atoms with van der Waals surface area (Å²) < 4.78 is 0. The number of likely N-dealkylation sites (N-methyl/N-ethyl adjacent to an activating group) is 1. The number of hydrogen-bond acceptors (Lipinski definition) is 4. The summed E-state index contributed by atoms with van der Waals surface area (Å²) in [4.78, 5) is 26.7. The smallest absolute Gasteiger partial charge is 0.308 e. The van der Waals surface area contributed by atoms with Gasteiger partial charge < -0.3 is 10.2 Å². The van der Waals surface area contributed by atoms with E-state index in [1.807, 2.05) is 42.3 Å². The molecular weight excluding hydrogens is 308 g/mol. The summed E-state index contributed by atoms with van der Waals surface area (Å²) in [6, 6.07) is 15.4. The van der Waals surface area contributed by atoms with Crippen LogP contribution in [-0.2, 0) is 0 Å². The number of anilines is 1. The lowest BCUT2D eigenvalue weighted by Crippen LogP contribution is -2.37. The molecule has 1 heterocycles. The van der Waals surface area contributed by atoms with Crippen molar-refractivity contribution in [2.45, 2.75) is 6.17 Å². The van der Waals surface area contributed by atoms with Crippen molar-refractivity contribution >= 4 is 17.4 Å². The van der Waals surface area contributed by atoms with E-state index in [-0.39, 0.29) is 17.9 Å². The van der Waals surface area contributed by atoms with Gasteiger partial charge in [-0.05, 0) is 36.9 Å². The van der Waals surface area contributed by atoms with E-state index >= 15 is 0 Å². The molecule has 2 aromatic rings. The lowest BCUT2D eigenvalue weighted by molar-refractivity contribution is -0.384. The van der Waals surface area contributed by atoms with Crippen molar-refractivity contribution in [2.75, 3.05) is 25.5 Å². The van der Waals surface area contributed by atoms with Crippen LogP contribution in [0.15, 0.2) is 54.6 Å². The molecule has 0 radical (unpaired) electrons. The molecule has 124 valence electrons. The molecule has 1 atom stereocenters. The molecule has 1 unspecified atom stereocenters. The number of carbonyl (C=O) groups is 1. The van der Waals surface area contributed by atoms with E-state index in [9.17, 15) is 14.9 Å². The van der Waals surface area contributed by atoms with Crippen LogP contribution < -0.4 is 5.32 Å². The third kappa shape index (κ3) is 3.21. The van der Waals surface area contributed by atoms with E-state index in [4.69, 9.17) is 0 Å². The second kappa shape index (κ2) is 6.67. The molecule has 0 saturated carbocycles. The third-order valence-electron chi connectivity index (χ3n) is 4.09. The molecule has 0 aromatic heterocycles. The Balaban J connectivity index is 1.80. The highest BCUT2D eigenvalue weighted by atomic mass is 16.6. The quantitative estimate of drug-likeness (QED) is 0.694. The third-order valence-corrected chi connectivity index (χ3v) is 4.09. The van der Waals surface area contributed by atoms with E-state index in [0.717, 1.165) is 17.8 Å².